The summed E-state index contributed by atoms with van der Waals surface area (Å²) < 4.78 is 43.1. The molecule has 0 aliphatic heterocycles. The highest BCUT2D eigenvalue weighted by atomic mass is 32.2. The van der Waals surface area contributed by atoms with E-state index in [4.69, 9.17) is 4.74 Å². The first-order chi connectivity index (χ1) is 11.8. The van der Waals surface area contributed by atoms with Crippen LogP contribution in [0.15, 0.2) is 59.5 Å². The maximum atomic E-state index is 13.0. The van der Waals surface area contributed by atoms with Gasteiger partial charge in [0.05, 0.1) is 4.90 Å². The quantitative estimate of drug-likeness (QED) is 0.585. The van der Waals surface area contributed by atoms with E-state index in [1.807, 2.05) is 0 Å². The summed E-state index contributed by atoms with van der Waals surface area (Å²) in [5.74, 6) is -0.967. The van der Waals surface area contributed by atoms with Gasteiger partial charge in [-0.25, -0.2) is 21.9 Å². The van der Waals surface area contributed by atoms with Gasteiger partial charge in [0, 0.05) is 20.2 Å². The van der Waals surface area contributed by atoms with Crippen molar-refractivity contribution in [1.82, 2.24) is 4.31 Å². The summed E-state index contributed by atoms with van der Waals surface area (Å²) in [6, 6.07) is 11.9. The van der Waals surface area contributed by atoms with Crippen molar-refractivity contribution in [2.24, 2.45) is 0 Å². The number of ether oxygens (including phenoxy) is 1. The molecule has 0 amide bonds. The van der Waals surface area contributed by atoms with Crippen LogP contribution in [0.25, 0.3) is 6.08 Å². The van der Waals surface area contributed by atoms with E-state index in [2.05, 4.69) is 0 Å². The number of hydrogen-bond donors (Lipinski definition) is 0. The van der Waals surface area contributed by atoms with Crippen molar-refractivity contribution in [3.8, 4) is 0 Å². The number of sulfonamides is 1. The van der Waals surface area contributed by atoms with Crippen molar-refractivity contribution < 1.29 is 22.3 Å². The van der Waals surface area contributed by atoms with Crippen LogP contribution in [0.3, 0.4) is 0 Å². The van der Waals surface area contributed by atoms with Crippen LogP contribution >= 0.6 is 0 Å². The molecule has 25 heavy (non-hydrogen) atoms. The van der Waals surface area contributed by atoms with Gasteiger partial charge in [0.25, 0.3) is 0 Å². The number of benzene rings is 2. The molecule has 0 unspecified atom stereocenters. The van der Waals surface area contributed by atoms with E-state index in [1.54, 1.807) is 18.2 Å². The number of halogens is 1. The fraction of sp³-hybridized carbons (Fsp3) is 0.167. The zero-order valence-corrected chi connectivity index (χ0v) is 14.7. The normalized spacial score (nSPS) is 11.8. The molecule has 132 valence electrons. The Bertz CT molecular complexity index is 874. The van der Waals surface area contributed by atoms with Crippen LogP contribution in [0.4, 0.5) is 4.39 Å². The summed E-state index contributed by atoms with van der Waals surface area (Å²) in [6.45, 7) is -0.0268. The molecule has 0 fully saturated rings. The summed E-state index contributed by atoms with van der Waals surface area (Å²) in [4.78, 5) is 11.9. The molecule has 0 aliphatic carbocycles. The van der Waals surface area contributed by atoms with Crippen LogP contribution in [0.2, 0.25) is 0 Å². The van der Waals surface area contributed by atoms with E-state index in [0.717, 1.165) is 4.31 Å². The van der Waals surface area contributed by atoms with Gasteiger partial charge < -0.3 is 4.74 Å². The molecule has 0 aromatic heterocycles. The minimum Gasteiger partial charge on any atom is -0.458 e. The second-order valence-electron chi connectivity index (χ2n) is 5.43. The fourth-order valence-electron chi connectivity index (χ4n) is 1.96. The van der Waals surface area contributed by atoms with E-state index < -0.39 is 21.8 Å². The molecule has 0 radical (unpaired) electrons. The Morgan fingerprint density at radius 2 is 1.84 bits per heavy atom. The zero-order valence-electron chi connectivity index (χ0n) is 13.8. The van der Waals surface area contributed by atoms with Crippen LogP contribution < -0.4 is 0 Å². The summed E-state index contributed by atoms with van der Waals surface area (Å²) in [6.07, 6.45) is 2.74. The standard InChI is InChI=1S/C18H18FNO4S/c1-20(2)25(22,23)17-9-6-14(7-10-17)8-11-18(21)24-13-15-4-3-5-16(19)12-15/h3-12H,13H2,1-2H3/b11-8+. The van der Waals surface area contributed by atoms with Crippen molar-refractivity contribution in [2.75, 3.05) is 14.1 Å². The van der Waals surface area contributed by atoms with Crippen LogP contribution in [0.1, 0.15) is 11.1 Å². The van der Waals surface area contributed by atoms with Gasteiger partial charge in [-0.2, -0.15) is 0 Å². The van der Waals surface area contributed by atoms with E-state index >= 15 is 0 Å². The molecule has 7 heteroatoms. The van der Waals surface area contributed by atoms with Gasteiger partial charge in [0.15, 0.2) is 0 Å². The van der Waals surface area contributed by atoms with Gasteiger partial charge in [-0.05, 0) is 41.5 Å². The number of nitrogens with zero attached hydrogens (tertiary/aromatic N) is 1. The van der Waals surface area contributed by atoms with Gasteiger partial charge in [-0.15, -0.1) is 0 Å². The molecular weight excluding hydrogens is 345 g/mol. The molecule has 0 saturated heterocycles. The summed E-state index contributed by atoms with van der Waals surface area (Å²) in [5, 5.41) is 0. The first-order valence-electron chi connectivity index (χ1n) is 7.41. The predicted octanol–water partition coefficient (Wildman–Crippen LogP) is 2.83. The van der Waals surface area contributed by atoms with Gasteiger partial charge in [0.1, 0.15) is 12.4 Å². The van der Waals surface area contributed by atoms with Gasteiger partial charge in [-0.1, -0.05) is 24.3 Å². The molecular formula is C18H18FNO4S. The number of hydrogen-bond acceptors (Lipinski definition) is 4. The maximum Gasteiger partial charge on any atom is 0.331 e. The molecule has 2 aromatic carbocycles. The van der Waals surface area contributed by atoms with Gasteiger partial charge in [0.2, 0.25) is 10.0 Å². The van der Waals surface area contributed by atoms with Crippen molar-refractivity contribution in [3.63, 3.8) is 0 Å². The lowest BCUT2D eigenvalue weighted by atomic mass is 10.2. The van der Waals surface area contributed by atoms with Crippen molar-refractivity contribution >= 4 is 22.1 Å². The highest BCUT2D eigenvalue weighted by Crippen LogP contribution is 2.14. The third-order valence-electron chi connectivity index (χ3n) is 3.34. The summed E-state index contributed by atoms with van der Waals surface area (Å²) >= 11 is 0. The third kappa shape index (κ3) is 5.23. The van der Waals surface area contributed by atoms with Crippen molar-refractivity contribution in [2.45, 2.75) is 11.5 Å². The third-order valence-corrected chi connectivity index (χ3v) is 5.17. The molecule has 2 aromatic rings. The Morgan fingerprint density at radius 1 is 1.16 bits per heavy atom. The second-order valence-corrected chi connectivity index (χ2v) is 7.58. The largest absolute Gasteiger partial charge is 0.458 e. The van der Waals surface area contributed by atoms with Crippen LogP contribution in [-0.2, 0) is 26.2 Å². The topological polar surface area (TPSA) is 63.7 Å². The Kier molecular flexibility index (Phi) is 6.06. The number of carbonyl (C=O) groups excluding carboxylic acids is 1. The van der Waals surface area contributed by atoms with E-state index in [1.165, 1.54) is 56.6 Å². The number of esters is 1. The zero-order chi connectivity index (χ0) is 18.4. The fourth-order valence-corrected chi connectivity index (χ4v) is 2.86. The summed E-state index contributed by atoms with van der Waals surface area (Å²) in [7, 11) is -0.569. The molecule has 0 heterocycles. The van der Waals surface area contributed by atoms with Crippen LogP contribution in [0.5, 0.6) is 0 Å². The average molecular weight is 363 g/mol. The number of rotatable bonds is 6. The van der Waals surface area contributed by atoms with Crippen LogP contribution in [0, 0.1) is 5.82 Å². The minimum absolute atomic E-state index is 0.0268. The molecule has 0 bridgehead atoms. The predicted molar refractivity (Wildman–Crippen MR) is 92.5 cm³/mol. The Balaban J connectivity index is 1.96. The second kappa shape index (κ2) is 8.04. The number of carbonyl (C=O) groups is 1. The molecule has 0 spiro atoms. The Morgan fingerprint density at radius 3 is 2.44 bits per heavy atom. The SMILES string of the molecule is CN(C)S(=O)(=O)c1ccc(/C=C/C(=O)OCc2cccc(F)c2)cc1. The first-order valence-corrected chi connectivity index (χ1v) is 8.85. The first kappa shape index (κ1) is 18.8. The van der Waals surface area contributed by atoms with Gasteiger partial charge >= 0.3 is 5.97 Å². The maximum absolute atomic E-state index is 13.0. The Hall–Kier alpha value is -2.51. The highest BCUT2D eigenvalue weighted by molar-refractivity contribution is 7.89. The lowest BCUT2D eigenvalue weighted by Crippen LogP contribution is -2.22. The summed E-state index contributed by atoms with van der Waals surface area (Å²) in [5.41, 5.74) is 1.21. The lowest BCUT2D eigenvalue weighted by Gasteiger charge is -2.11. The molecule has 0 saturated carbocycles. The monoisotopic (exact) mass is 363 g/mol. The van der Waals surface area contributed by atoms with Crippen molar-refractivity contribution in [1.29, 1.82) is 0 Å². The molecule has 0 aliphatic rings. The Labute approximate surface area is 146 Å². The smallest absolute Gasteiger partial charge is 0.331 e. The highest BCUT2D eigenvalue weighted by Gasteiger charge is 2.16. The van der Waals surface area contributed by atoms with Gasteiger partial charge in [-0.3, -0.25) is 0 Å². The molecule has 0 N–H and O–H groups in total. The van der Waals surface area contributed by atoms with E-state index in [9.17, 15) is 17.6 Å². The van der Waals surface area contributed by atoms with Crippen molar-refractivity contribution in [3.05, 3.63) is 71.6 Å². The van der Waals surface area contributed by atoms with E-state index in [-0.39, 0.29) is 11.5 Å². The van der Waals surface area contributed by atoms with E-state index in [0.29, 0.717) is 11.1 Å². The van der Waals surface area contributed by atoms with Crippen LogP contribution in [-0.4, -0.2) is 32.8 Å². The molecule has 5 nitrogen and oxygen atoms in total. The average Bonchev–Trinajstić information content (AvgIpc) is 2.58. The molecule has 0 atom stereocenters. The lowest BCUT2D eigenvalue weighted by molar-refractivity contribution is -0.138. The molecule has 2 rings (SSSR count). The minimum atomic E-state index is -3.48.